The van der Waals surface area contributed by atoms with Crippen LogP contribution in [0, 0.1) is 0 Å². The Labute approximate surface area is 313 Å². The van der Waals surface area contributed by atoms with Crippen molar-refractivity contribution in [3.05, 3.63) is 194 Å². The van der Waals surface area contributed by atoms with Crippen molar-refractivity contribution in [2.75, 3.05) is 0 Å². The van der Waals surface area contributed by atoms with Crippen LogP contribution in [0.2, 0.25) is 0 Å². The number of fused-ring (bicyclic) bond motifs is 4. The van der Waals surface area contributed by atoms with Crippen molar-refractivity contribution < 1.29 is 0 Å². The van der Waals surface area contributed by atoms with E-state index in [4.69, 9.17) is 19.9 Å². The third kappa shape index (κ3) is 5.67. The maximum atomic E-state index is 5.02. The first kappa shape index (κ1) is 31.4. The smallest absolute Gasteiger partial charge is 0.164 e. The summed E-state index contributed by atoms with van der Waals surface area (Å²) >= 11 is 0. The van der Waals surface area contributed by atoms with Gasteiger partial charge in [0.1, 0.15) is 0 Å². The van der Waals surface area contributed by atoms with Crippen LogP contribution in [-0.4, -0.2) is 19.9 Å². The summed E-state index contributed by atoms with van der Waals surface area (Å²) in [5, 5.41) is 5.92. The summed E-state index contributed by atoms with van der Waals surface area (Å²) < 4.78 is 0. The van der Waals surface area contributed by atoms with Gasteiger partial charge in [-0.15, -0.1) is 0 Å². The second kappa shape index (κ2) is 13.4. The molecule has 0 aliphatic rings. The first-order valence-corrected chi connectivity index (χ1v) is 18.1. The Morgan fingerprint density at radius 3 is 1.39 bits per heavy atom. The molecule has 0 aliphatic carbocycles. The first-order valence-electron chi connectivity index (χ1n) is 18.1. The van der Waals surface area contributed by atoms with Crippen LogP contribution < -0.4 is 0 Å². The van der Waals surface area contributed by atoms with Crippen molar-refractivity contribution in [2.24, 2.45) is 0 Å². The number of hydrogen-bond acceptors (Lipinski definition) is 4. The minimum atomic E-state index is 0.635. The zero-order chi connectivity index (χ0) is 35.8. The number of hydrogen-bond donors (Lipinski definition) is 0. The van der Waals surface area contributed by atoms with Crippen molar-refractivity contribution in [1.82, 2.24) is 19.9 Å². The van der Waals surface area contributed by atoms with Crippen LogP contribution in [0.4, 0.5) is 0 Å². The third-order valence-corrected chi connectivity index (χ3v) is 10.2. The Bertz CT molecular complexity index is 2960. The number of benzene rings is 8. The summed E-state index contributed by atoms with van der Waals surface area (Å²) in [5.74, 6) is 1.92. The van der Waals surface area contributed by atoms with E-state index in [2.05, 4.69) is 146 Å². The minimum Gasteiger partial charge on any atom is -0.256 e. The summed E-state index contributed by atoms with van der Waals surface area (Å²) in [4.78, 5) is 19.7. The summed E-state index contributed by atoms with van der Waals surface area (Å²) in [6, 6.07) is 65.8. The molecule has 4 heteroatoms. The second-order valence-corrected chi connectivity index (χ2v) is 13.4. The van der Waals surface area contributed by atoms with E-state index in [1.54, 1.807) is 0 Å². The van der Waals surface area contributed by atoms with Gasteiger partial charge in [-0.25, -0.2) is 15.0 Å². The largest absolute Gasteiger partial charge is 0.256 e. The summed E-state index contributed by atoms with van der Waals surface area (Å²) in [5.41, 5.74) is 10.9. The van der Waals surface area contributed by atoms with Gasteiger partial charge in [0.15, 0.2) is 17.5 Å². The molecular weight excluding hydrogens is 657 g/mol. The molecule has 8 aromatic carbocycles. The second-order valence-electron chi connectivity index (χ2n) is 13.4. The fraction of sp³-hybridized carbons (Fsp3) is 0. The molecular formula is C50H32N4. The Balaban J connectivity index is 1.04. The van der Waals surface area contributed by atoms with Crippen LogP contribution in [-0.2, 0) is 0 Å². The molecule has 252 valence electrons. The average molecular weight is 689 g/mol. The molecule has 0 aliphatic heterocycles. The normalized spacial score (nSPS) is 11.3. The molecule has 2 heterocycles. The van der Waals surface area contributed by atoms with E-state index < -0.39 is 0 Å². The average Bonchev–Trinajstić information content (AvgIpc) is 3.26. The van der Waals surface area contributed by atoms with E-state index in [-0.39, 0.29) is 0 Å². The highest BCUT2D eigenvalue weighted by Crippen LogP contribution is 2.40. The van der Waals surface area contributed by atoms with Gasteiger partial charge in [0.05, 0.1) is 5.52 Å². The van der Waals surface area contributed by atoms with Gasteiger partial charge in [-0.3, -0.25) is 4.98 Å². The Morgan fingerprint density at radius 2 is 0.722 bits per heavy atom. The topological polar surface area (TPSA) is 51.6 Å². The lowest BCUT2D eigenvalue weighted by atomic mass is 9.89. The Kier molecular flexibility index (Phi) is 7.77. The van der Waals surface area contributed by atoms with E-state index >= 15 is 0 Å². The molecule has 0 atom stereocenters. The summed E-state index contributed by atoms with van der Waals surface area (Å²) in [6.45, 7) is 0. The maximum absolute atomic E-state index is 5.02. The Hall–Kier alpha value is -7.30. The quantitative estimate of drug-likeness (QED) is 0.163. The molecule has 10 aromatic rings. The van der Waals surface area contributed by atoms with Gasteiger partial charge in [0, 0.05) is 33.7 Å². The molecule has 0 bridgehead atoms. The predicted molar refractivity (Wildman–Crippen MR) is 223 cm³/mol. The van der Waals surface area contributed by atoms with Gasteiger partial charge in [0.2, 0.25) is 0 Å². The lowest BCUT2D eigenvalue weighted by Gasteiger charge is -2.15. The monoisotopic (exact) mass is 688 g/mol. The number of pyridine rings is 1. The highest BCUT2D eigenvalue weighted by Gasteiger charge is 2.15. The summed E-state index contributed by atoms with van der Waals surface area (Å²) in [6.07, 6.45) is 1.87. The molecule has 2 aromatic heterocycles. The van der Waals surface area contributed by atoms with Crippen molar-refractivity contribution >= 4 is 32.4 Å². The number of nitrogens with zero attached hydrogens (tertiary/aromatic N) is 4. The standard InChI is InChI=1S/C50H32N4/c1-3-11-33(12-4-1)34-20-24-38(25-21-34)49-52-48(37-13-5-2-6-14-37)53-50(54-49)39-26-22-35(23-27-39)40-30-31-44(42-17-8-7-16-41(40)42)43-18-9-19-46-45(43)29-28-36-15-10-32-51-47(36)46/h1-32H. The minimum absolute atomic E-state index is 0.635. The molecule has 10 rings (SSSR count). The maximum Gasteiger partial charge on any atom is 0.164 e. The van der Waals surface area contributed by atoms with Crippen LogP contribution in [0.25, 0.3) is 100.0 Å². The lowest BCUT2D eigenvalue weighted by Crippen LogP contribution is -2.00. The van der Waals surface area contributed by atoms with Crippen molar-refractivity contribution in [3.8, 4) is 67.5 Å². The lowest BCUT2D eigenvalue weighted by molar-refractivity contribution is 1.07. The molecule has 0 amide bonds. The van der Waals surface area contributed by atoms with Gasteiger partial charge < -0.3 is 0 Å². The number of rotatable bonds is 6. The molecule has 0 fully saturated rings. The molecule has 0 radical (unpaired) electrons. The molecule has 54 heavy (non-hydrogen) atoms. The fourth-order valence-electron chi connectivity index (χ4n) is 7.51. The van der Waals surface area contributed by atoms with Gasteiger partial charge in [0.25, 0.3) is 0 Å². The highest BCUT2D eigenvalue weighted by atomic mass is 15.0. The van der Waals surface area contributed by atoms with E-state index in [0.29, 0.717) is 17.5 Å². The van der Waals surface area contributed by atoms with Gasteiger partial charge >= 0.3 is 0 Å². The van der Waals surface area contributed by atoms with Crippen molar-refractivity contribution in [1.29, 1.82) is 0 Å². The molecule has 0 spiro atoms. The van der Waals surface area contributed by atoms with Crippen LogP contribution in [0.1, 0.15) is 0 Å². The van der Waals surface area contributed by atoms with Gasteiger partial charge in [-0.2, -0.15) is 0 Å². The SMILES string of the molecule is c1ccc(-c2ccc(-c3nc(-c4ccccc4)nc(-c4ccc(-c5ccc(-c6cccc7c6ccc6cccnc67)c6ccccc56)cc4)n3)cc2)cc1. The fourth-order valence-corrected chi connectivity index (χ4v) is 7.51. The van der Waals surface area contributed by atoms with E-state index in [9.17, 15) is 0 Å². The first-order chi connectivity index (χ1) is 26.8. The van der Waals surface area contributed by atoms with E-state index in [1.165, 1.54) is 38.4 Å². The van der Waals surface area contributed by atoms with Gasteiger partial charge in [-0.05, 0) is 55.6 Å². The van der Waals surface area contributed by atoms with Gasteiger partial charge in [-0.1, -0.05) is 182 Å². The zero-order valence-electron chi connectivity index (χ0n) is 29.3. The van der Waals surface area contributed by atoms with Crippen LogP contribution in [0.5, 0.6) is 0 Å². The predicted octanol–water partition coefficient (Wildman–Crippen LogP) is 12.7. The van der Waals surface area contributed by atoms with Crippen molar-refractivity contribution in [2.45, 2.75) is 0 Å². The number of aromatic nitrogens is 4. The molecule has 0 unspecified atom stereocenters. The Morgan fingerprint density at radius 1 is 0.259 bits per heavy atom. The van der Waals surface area contributed by atoms with Crippen molar-refractivity contribution in [3.63, 3.8) is 0 Å². The molecule has 4 nitrogen and oxygen atoms in total. The molecule has 0 N–H and O–H groups in total. The van der Waals surface area contributed by atoms with Crippen LogP contribution >= 0.6 is 0 Å². The van der Waals surface area contributed by atoms with E-state index in [1.807, 2.05) is 48.7 Å². The third-order valence-electron chi connectivity index (χ3n) is 10.2. The zero-order valence-corrected chi connectivity index (χ0v) is 29.3. The van der Waals surface area contributed by atoms with Crippen LogP contribution in [0.15, 0.2) is 194 Å². The van der Waals surface area contributed by atoms with Crippen LogP contribution in [0.3, 0.4) is 0 Å². The van der Waals surface area contributed by atoms with E-state index in [0.717, 1.165) is 44.1 Å². The highest BCUT2D eigenvalue weighted by molar-refractivity contribution is 6.14. The summed E-state index contributed by atoms with van der Waals surface area (Å²) in [7, 11) is 0. The molecule has 0 saturated carbocycles. The molecule has 0 saturated heterocycles.